The molecule has 5 rings (SSSR count). The van der Waals surface area contributed by atoms with Crippen LogP contribution in [0.3, 0.4) is 0 Å². The summed E-state index contributed by atoms with van der Waals surface area (Å²) in [5.74, 6) is 1.55. The number of imidazole rings is 1. The molecular weight excluding hydrogens is 416 g/mol. The highest BCUT2D eigenvalue weighted by Gasteiger charge is 2.16. The molecule has 2 N–H and O–H groups in total. The van der Waals surface area contributed by atoms with Gasteiger partial charge < -0.3 is 4.98 Å². The van der Waals surface area contributed by atoms with Gasteiger partial charge in [-0.15, -0.1) is 0 Å². The molecule has 4 nitrogen and oxygen atoms in total. The van der Waals surface area contributed by atoms with Gasteiger partial charge in [0.25, 0.3) is 0 Å². The number of rotatable bonds is 8. The van der Waals surface area contributed by atoms with Crippen LogP contribution in [0.25, 0.3) is 44.6 Å². The van der Waals surface area contributed by atoms with Crippen LogP contribution in [0.4, 0.5) is 0 Å². The van der Waals surface area contributed by atoms with Crippen LogP contribution in [0.1, 0.15) is 56.7 Å². The maximum Gasteiger partial charge on any atom is 0.159 e. The molecule has 5 aromatic rings. The van der Waals surface area contributed by atoms with Crippen LogP contribution in [-0.2, 0) is 12.8 Å². The molecule has 0 spiro atoms. The van der Waals surface area contributed by atoms with E-state index in [4.69, 9.17) is 4.98 Å². The highest BCUT2D eigenvalue weighted by Crippen LogP contribution is 2.34. The average molecular weight is 451 g/mol. The van der Waals surface area contributed by atoms with Crippen molar-refractivity contribution in [3.63, 3.8) is 0 Å². The van der Waals surface area contributed by atoms with Crippen molar-refractivity contribution in [2.45, 2.75) is 59.8 Å². The second kappa shape index (κ2) is 9.46. The number of hydrogen-bond acceptors (Lipinski definition) is 2. The van der Waals surface area contributed by atoms with Crippen LogP contribution in [0, 0.1) is 12.8 Å². The minimum Gasteiger partial charge on any atom is -0.337 e. The largest absolute Gasteiger partial charge is 0.337 e. The zero-order chi connectivity index (χ0) is 23.7. The fourth-order valence-electron chi connectivity index (χ4n) is 5.15. The molecule has 0 aliphatic rings. The van der Waals surface area contributed by atoms with Gasteiger partial charge >= 0.3 is 0 Å². The summed E-state index contributed by atoms with van der Waals surface area (Å²) in [4.78, 5) is 8.22. The molecule has 2 aromatic heterocycles. The Hall–Kier alpha value is -3.40. The third-order valence-corrected chi connectivity index (χ3v) is 7.25. The molecule has 0 aliphatic heterocycles. The zero-order valence-electron chi connectivity index (χ0n) is 20.7. The van der Waals surface area contributed by atoms with Gasteiger partial charge in [0, 0.05) is 5.39 Å². The smallest absolute Gasteiger partial charge is 0.159 e. The highest BCUT2D eigenvalue weighted by molar-refractivity contribution is 5.96. The number of hydrogen-bond donors (Lipinski definition) is 2. The Morgan fingerprint density at radius 1 is 0.941 bits per heavy atom. The van der Waals surface area contributed by atoms with E-state index in [1.54, 1.807) is 0 Å². The lowest BCUT2D eigenvalue weighted by atomic mass is 9.86. The number of benzene rings is 3. The van der Waals surface area contributed by atoms with E-state index in [2.05, 4.69) is 79.3 Å². The lowest BCUT2D eigenvalue weighted by Gasteiger charge is -2.19. The average Bonchev–Trinajstić information content (AvgIpc) is 3.48. The van der Waals surface area contributed by atoms with Gasteiger partial charge in [-0.05, 0) is 77.8 Å². The van der Waals surface area contributed by atoms with Crippen molar-refractivity contribution >= 4 is 21.9 Å². The third kappa shape index (κ3) is 4.13. The molecule has 0 saturated carbocycles. The minimum atomic E-state index is 0.750. The zero-order valence-corrected chi connectivity index (χ0v) is 20.7. The fraction of sp³-hybridized carbons (Fsp3) is 0.333. The van der Waals surface area contributed by atoms with E-state index in [-0.39, 0.29) is 0 Å². The Bertz CT molecular complexity index is 1410. The first-order chi connectivity index (χ1) is 16.6. The van der Waals surface area contributed by atoms with Crippen LogP contribution >= 0.6 is 0 Å². The van der Waals surface area contributed by atoms with Gasteiger partial charge in [0.2, 0.25) is 0 Å². The number of aryl methyl sites for hydroxylation is 1. The summed E-state index contributed by atoms with van der Waals surface area (Å²) in [6.07, 6.45) is 5.99. The summed E-state index contributed by atoms with van der Waals surface area (Å²) in [7, 11) is 0. The molecule has 3 aromatic carbocycles. The van der Waals surface area contributed by atoms with Crippen molar-refractivity contribution in [3.8, 4) is 22.6 Å². The molecule has 0 bridgehead atoms. The second-order valence-corrected chi connectivity index (χ2v) is 9.48. The highest BCUT2D eigenvalue weighted by atomic mass is 15.1. The molecule has 1 atom stereocenters. The third-order valence-electron chi connectivity index (χ3n) is 7.25. The number of aromatic amines is 2. The molecule has 2 heterocycles. The number of para-hydroxylation sites is 2. The Morgan fingerprint density at radius 2 is 1.79 bits per heavy atom. The van der Waals surface area contributed by atoms with E-state index in [1.807, 2.05) is 18.2 Å². The van der Waals surface area contributed by atoms with Gasteiger partial charge in [-0.25, -0.2) is 4.98 Å². The van der Waals surface area contributed by atoms with Gasteiger partial charge in [-0.2, -0.15) is 5.10 Å². The number of nitrogens with one attached hydrogen (secondary N) is 2. The topological polar surface area (TPSA) is 57.4 Å². The summed E-state index contributed by atoms with van der Waals surface area (Å²) in [6.45, 7) is 9.17. The lowest BCUT2D eigenvalue weighted by molar-refractivity contribution is 0.461. The van der Waals surface area contributed by atoms with Gasteiger partial charge in [0.05, 0.1) is 16.6 Å². The number of nitrogens with zero attached hydrogens (tertiary/aromatic N) is 2. The van der Waals surface area contributed by atoms with E-state index < -0.39 is 0 Å². The second-order valence-electron chi connectivity index (χ2n) is 9.48. The maximum atomic E-state index is 4.79. The maximum absolute atomic E-state index is 4.79. The molecule has 0 radical (unpaired) electrons. The summed E-state index contributed by atoms with van der Waals surface area (Å²) in [6, 6.07) is 19.6. The van der Waals surface area contributed by atoms with E-state index in [0.29, 0.717) is 0 Å². The van der Waals surface area contributed by atoms with Crippen molar-refractivity contribution in [2.24, 2.45) is 5.92 Å². The Morgan fingerprint density at radius 3 is 2.56 bits per heavy atom. The van der Waals surface area contributed by atoms with Crippen molar-refractivity contribution in [1.29, 1.82) is 0 Å². The molecule has 0 saturated heterocycles. The first kappa shape index (κ1) is 22.4. The summed E-state index contributed by atoms with van der Waals surface area (Å²) >= 11 is 0. The quantitative estimate of drug-likeness (QED) is 0.251. The first-order valence-electron chi connectivity index (χ1n) is 12.7. The standard InChI is InChI=1S/C30H34N4/c1-5-10-20(6-2)15-23-16-21(7-3)17-24(19(23)4)22-13-14-26-25(18-22)29(34-33-26)30-31-27-11-8-9-12-28(27)32-30/h8-9,11-14,16-18,20H,5-7,10,15H2,1-4H3,(H,31,32)(H,33,34). The van der Waals surface area contributed by atoms with Gasteiger partial charge in [0.1, 0.15) is 5.69 Å². The van der Waals surface area contributed by atoms with Crippen molar-refractivity contribution < 1.29 is 0 Å². The van der Waals surface area contributed by atoms with Crippen molar-refractivity contribution in [2.75, 3.05) is 0 Å². The lowest BCUT2D eigenvalue weighted by Crippen LogP contribution is -2.06. The predicted molar refractivity (Wildman–Crippen MR) is 143 cm³/mol. The van der Waals surface area contributed by atoms with Crippen LogP contribution in [-0.4, -0.2) is 20.2 Å². The van der Waals surface area contributed by atoms with E-state index in [0.717, 1.165) is 52.2 Å². The number of H-pyrrole nitrogens is 2. The van der Waals surface area contributed by atoms with Gasteiger partial charge in [0.15, 0.2) is 5.82 Å². The normalized spacial score (nSPS) is 12.6. The molecule has 34 heavy (non-hydrogen) atoms. The summed E-state index contributed by atoms with van der Waals surface area (Å²) in [5, 5.41) is 8.91. The van der Waals surface area contributed by atoms with Crippen LogP contribution in [0.5, 0.6) is 0 Å². The molecule has 0 aliphatic carbocycles. The van der Waals surface area contributed by atoms with Crippen molar-refractivity contribution in [3.05, 3.63) is 71.3 Å². The monoisotopic (exact) mass is 450 g/mol. The molecule has 1 unspecified atom stereocenters. The van der Waals surface area contributed by atoms with Crippen molar-refractivity contribution in [1.82, 2.24) is 20.2 Å². The van der Waals surface area contributed by atoms with Crippen LogP contribution < -0.4 is 0 Å². The van der Waals surface area contributed by atoms with Gasteiger partial charge in [-0.1, -0.05) is 70.4 Å². The van der Waals surface area contributed by atoms with E-state index in [9.17, 15) is 0 Å². The number of fused-ring (bicyclic) bond motifs is 2. The SMILES string of the molecule is CCCC(CC)Cc1cc(CC)cc(-c2ccc3[nH]nc(-c4nc5ccccc5[nH]4)c3c2)c1C. The summed E-state index contributed by atoms with van der Waals surface area (Å²) in [5.41, 5.74) is 10.8. The molecular formula is C30H34N4. The number of aromatic nitrogens is 4. The first-order valence-corrected chi connectivity index (χ1v) is 12.7. The predicted octanol–water partition coefficient (Wildman–Crippen LogP) is 8.01. The van der Waals surface area contributed by atoms with Gasteiger partial charge in [-0.3, -0.25) is 5.10 Å². The summed E-state index contributed by atoms with van der Waals surface area (Å²) < 4.78 is 0. The molecule has 4 heteroatoms. The van der Waals surface area contributed by atoms with Crippen LogP contribution in [0.15, 0.2) is 54.6 Å². The molecule has 174 valence electrons. The molecule has 0 amide bonds. The Labute approximate surface area is 201 Å². The Balaban J connectivity index is 1.60. The van der Waals surface area contributed by atoms with E-state index in [1.165, 1.54) is 47.1 Å². The van der Waals surface area contributed by atoms with Crippen LogP contribution in [0.2, 0.25) is 0 Å². The Kier molecular flexibility index (Phi) is 6.23. The van der Waals surface area contributed by atoms with E-state index >= 15 is 0 Å². The minimum absolute atomic E-state index is 0.750. The molecule has 0 fully saturated rings. The fourth-order valence-corrected chi connectivity index (χ4v) is 5.15.